The Labute approximate surface area is 126 Å². The molecule has 1 aromatic rings. The highest BCUT2D eigenvalue weighted by molar-refractivity contribution is 7.90. The number of hydrogen-bond acceptors (Lipinski definition) is 5. The normalized spacial score (nSPS) is 11.0. The number of carbonyl (C=O) groups is 2. The molecule has 0 aliphatic carbocycles. The number of benzene rings is 1. The molecule has 9 heteroatoms. The number of methoxy groups -OCH3 is 1. The summed E-state index contributed by atoms with van der Waals surface area (Å²) in [5, 5.41) is 2.17. The molecule has 1 rings (SSSR count). The number of anilines is 1. The predicted octanol–water partition coefficient (Wildman–Crippen LogP) is 1.64. The van der Waals surface area contributed by atoms with Crippen molar-refractivity contribution in [2.75, 3.05) is 24.4 Å². The maximum atomic E-state index is 13.7. The summed E-state index contributed by atoms with van der Waals surface area (Å²) in [6.45, 7) is 0. The molecule has 0 aliphatic rings. The molecule has 0 radical (unpaired) electrons. The first-order valence-corrected chi connectivity index (χ1v) is 8.13. The fourth-order valence-corrected chi connectivity index (χ4v) is 2.22. The third-order valence-corrected chi connectivity index (χ3v) is 3.72. The van der Waals surface area contributed by atoms with Gasteiger partial charge in [-0.15, -0.1) is 0 Å². The molecule has 0 heterocycles. The molecule has 0 bridgehead atoms. The zero-order chi connectivity index (χ0) is 16.2. The SMILES string of the molecule is COC(=O)c1c(F)ccc(Cl)c1NC(=O)CCS(C)(=O)=O. The second-order valence-electron chi connectivity index (χ2n) is 4.20. The van der Waals surface area contributed by atoms with Crippen molar-refractivity contribution in [2.45, 2.75) is 6.42 Å². The van der Waals surface area contributed by atoms with Gasteiger partial charge in [0.05, 0.1) is 23.6 Å². The van der Waals surface area contributed by atoms with Gasteiger partial charge in [0.15, 0.2) is 0 Å². The number of ether oxygens (including phenoxy) is 1. The van der Waals surface area contributed by atoms with Crippen molar-refractivity contribution in [3.05, 3.63) is 28.5 Å². The summed E-state index contributed by atoms with van der Waals surface area (Å²) < 4.78 is 40.1. The van der Waals surface area contributed by atoms with E-state index in [4.69, 9.17) is 11.6 Å². The third-order valence-electron chi connectivity index (χ3n) is 2.46. The summed E-state index contributed by atoms with van der Waals surface area (Å²) in [7, 11) is -2.27. The summed E-state index contributed by atoms with van der Waals surface area (Å²) in [5.41, 5.74) is -0.764. The van der Waals surface area contributed by atoms with Gasteiger partial charge in [0.2, 0.25) is 5.91 Å². The summed E-state index contributed by atoms with van der Waals surface area (Å²) in [5.74, 6) is -3.00. The minimum Gasteiger partial charge on any atom is -0.465 e. The second-order valence-corrected chi connectivity index (χ2v) is 6.87. The average Bonchev–Trinajstić information content (AvgIpc) is 2.39. The van der Waals surface area contributed by atoms with Crippen molar-refractivity contribution in [1.29, 1.82) is 0 Å². The Morgan fingerprint density at radius 3 is 2.52 bits per heavy atom. The smallest absolute Gasteiger partial charge is 0.343 e. The highest BCUT2D eigenvalue weighted by atomic mass is 35.5. The number of rotatable bonds is 5. The van der Waals surface area contributed by atoms with Gasteiger partial charge in [-0.2, -0.15) is 0 Å². The van der Waals surface area contributed by atoms with Gasteiger partial charge in [0, 0.05) is 12.7 Å². The maximum Gasteiger partial charge on any atom is 0.343 e. The Morgan fingerprint density at radius 2 is 2.00 bits per heavy atom. The highest BCUT2D eigenvalue weighted by Gasteiger charge is 2.22. The molecular weight excluding hydrogens is 325 g/mol. The first-order chi connectivity index (χ1) is 9.65. The molecule has 0 saturated heterocycles. The molecule has 0 fully saturated rings. The Morgan fingerprint density at radius 1 is 1.38 bits per heavy atom. The molecule has 0 aromatic heterocycles. The van der Waals surface area contributed by atoms with Gasteiger partial charge in [0.25, 0.3) is 0 Å². The van der Waals surface area contributed by atoms with Crippen molar-refractivity contribution in [2.24, 2.45) is 0 Å². The Bertz CT molecular complexity index is 674. The molecule has 1 aromatic carbocycles. The van der Waals surface area contributed by atoms with Gasteiger partial charge in [-0.05, 0) is 12.1 Å². The van der Waals surface area contributed by atoms with Crippen molar-refractivity contribution < 1.29 is 27.1 Å². The number of sulfone groups is 1. The quantitative estimate of drug-likeness (QED) is 0.825. The number of amides is 1. The van der Waals surface area contributed by atoms with Crippen LogP contribution in [0.5, 0.6) is 0 Å². The molecule has 116 valence electrons. The zero-order valence-corrected chi connectivity index (χ0v) is 12.8. The molecule has 6 nitrogen and oxygen atoms in total. The Hall–Kier alpha value is -1.67. The van der Waals surface area contributed by atoms with E-state index in [2.05, 4.69) is 10.1 Å². The van der Waals surface area contributed by atoms with Gasteiger partial charge in [-0.3, -0.25) is 4.79 Å². The fourth-order valence-electron chi connectivity index (χ4n) is 1.46. The molecule has 0 aliphatic heterocycles. The van der Waals surface area contributed by atoms with Crippen LogP contribution in [-0.2, 0) is 19.4 Å². The Kier molecular flexibility index (Phi) is 5.68. The molecule has 1 amide bonds. The van der Waals surface area contributed by atoms with E-state index in [1.165, 1.54) is 0 Å². The monoisotopic (exact) mass is 337 g/mol. The van der Waals surface area contributed by atoms with E-state index in [1.807, 2.05) is 0 Å². The Balaban J connectivity index is 3.05. The van der Waals surface area contributed by atoms with Crippen molar-refractivity contribution >= 4 is 39.0 Å². The first kappa shape index (κ1) is 17.4. The molecule has 0 spiro atoms. The maximum absolute atomic E-state index is 13.7. The van der Waals surface area contributed by atoms with Gasteiger partial charge < -0.3 is 10.1 Å². The van der Waals surface area contributed by atoms with E-state index in [-0.39, 0.29) is 22.9 Å². The van der Waals surface area contributed by atoms with Crippen molar-refractivity contribution in [3.8, 4) is 0 Å². The van der Waals surface area contributed by atoms with E-state index in [0.29, 0.717) is 0 Å². The van der Waals surface area contributed by atoms with E-state index in [0.717, 1.165) is 25.5 Å². The number of hydrogen-bond donors (Lipinski definition) is 1. The number of nitrogens with one attached hydrogen (secondary N) is 1. The van der Waals surface area contributed by atoms with Crippen LogP contribution in [0.15, 0.2) is 12.1 Å². The molecule has 0 unspecified atom stereocenters. The molecular formula is C12H13ClFNO5S. The van der Waals surface area contributed by atoms with Gasteiger partial charge in [0.1, 0.15) is 21.2 Å². The van der Waals surface area contributed by atoms with Crippen LogP contribution in [0.4, 0.5) is 10.1 Å². The number of esters is 1. The van der Waals surface area contributed by atoms with Crippen LogP contribution in [-0.4, -0.2) is 39.4 Å². The fraction of sp³-hybridized carbons (Fsp3) is 0.333. The van der Waals surface area contributed by atoms with Crippen molar-refractivity contribution in [3.63, 3.8) is 0 Å². The predicted molar refractivity (Wildman–Crippen MR) is 75.7 cm³/mol. The van der Waals surface area contributed by atoms with Crippen LogP contribution in [0.1, 0.15) is 16.8 Å². The molecule has 1 N–H and O–H groups in total. The summed E-state index contributed by atoms with van der Waals surface area (Å²) in [6, 6.07) is 2.12. The van der Waals surface area contributed by atoms with Gasteiger partial charge in [-0.1, -0.05) is 11.6 Å². The van der Waals surface area contributed by atoms with Crippen LogP contribution >= 0.6 is 11.6 Å². The topological polar surface area (TPSA) is 89.5 Å². The highest BCUT2D eigenvalue weighted by Crippen LogP contribution is 2.29. The minimum atomic E-state index is -3.32. The molecule has 0 saturated carbocycles. The van der Waals surface area contributed by atoms with Crippen LogP contribution in [0.25, 0.3) is 0 Å². The lowest BCUT2D eigenvalue weighted by atomic mass is 10.1. The van der Waals surface area contributed by atoms with E-state index in [9.17, 15) is 22.4 Å². The third kappa shape index (κ3) is 4.98. The lowest BCUT2D eigenvalue weighted by Gasteiger charge is -2.12. The van der Waals surface area contributed by atoms with Gasteiger partial charge in [-0.25, -0.2) is 17.6 Å². The first-order valence-electron chi connectivity index (χ1n) is 5.69. The standard InChI is InChI=1S/C12H13ClFNO5S/c1-20-12(17)10-8(14)4-3-7(13)11(10)15-9(16)5-6-21(2,18)19/h3-4H,5-6H2,1-2H3,(H,15,16). The lowest BCUT2D eigenvalue weighted by Crippen LogP contribution is -2.19. The average molecular weight is 338 g/mol. The molecule has 0 atom stereocenters. The van der Waals surface area contributed by atoms with Crippen LogP contribution in [0.3, 0.4) is 0 Å². The summed E-state index contributed by atoms with van der Waals surface area (Å²) in [6.07, 6.45) is 0.640. The van der Waals surface area contributed by atoms with Crippen LogP contribution < -0.4 is 5.32 Å². The van der Waals surface area contributed by atoms with Crippen molar-refractivity contribution in [1.82, 2.24) is 0 Å². The zero-order valence-electron chi connectivity index (χ0n) is 11.3. The summed E-state index contributed by atoms with van der Waals surface area (Å²) >= 11 is 5.83. The summed E-state index contributed by atoms with van der Waals surface area (Å²) in [4.78, 5) is 23.2. The van der Waals surface area contributed by atoms with E-state index in [1.54, 1.807) is 0 Å². The lowest BCUT2D eigenvalue weighted by molar-refractivity contribution is -0.115. The minimum absolute atomic E-state index is 0.0653. The van der Waals surface area contributed by atoms with E-state index >= 15 is 0 Å². The number of carbonyl (C=O) groups excluding carboxylic acids is 2. The molecule has 21 heavy (non-hydrogen) atoms. The van der Waals surface area contributed by atoms with Crippen LogP contribution in [0.2, 0.25) is 5.02 Å². The van der Waals surface area contributed by atoms with Gasteiger partial charge >= 0.3 is 5.97 Å². The second kappa shape index (κ2) is 6.86. The largest absolute Gasteiger partial charge is 0.465 e. The number of halogens is 2. The van der Waals surface area contributed by atoms with Crippen LogP contribution in [0, 0.1) is 5.82 Å². The van der Waals surface area contributed by atoms with E-state index < -0.39 is 33.1 Å².